The maximum atomic E-state index is 11.1. The Kier molecular flexibility index (Phi) is 2.00. The topological polar surface area (TPSA) is 42.1 Å². The van der Waals surface area contributed by atoms with E-state index in [0.29, 0.717) is 5.69 Å². The first-order valence-electron chi connectivity index (χ1n) is 4.38. The van der Waals surface area contributed by atoms with Gasteiger partial charge < -0.3 is 9.72 Å². The first kappa shape index (κ1) is 8.81. The molecule has 0 aliphatic heterocycles. The molecular formula is C11H11NO2. The Morgan fingerprint density at radius 2 is 2.14 bits per heavy atom. The predicted octanol–water partition coefficient (Wildman–Crippen LogP) is 2.38. The van der Waals surface area contributed by atoms with Gasteiger partial charge in [0.25, 0.3) is 0 Å². The average molecular weight is 189 g/mol. The van der Waals surface area contributed by atoms with Crippen LogP contribution in [0.3, 0.4) is 0 Å². The molecule has 0 atom stereocenters. The second kappa shape index (κ2) is 3.18. The van der Waals surface area contributed by atoms with Crippen LogP contribution in [0.1, 0.15) is 17.4 Å². The summed E-state index contributed by atoms with van der Waals surface area (Å²) in [7, 11) is 1.62. The molecular weight excluding hydrogens is 178 g/mol. The van der Waals surface area contributed by atoms with Crippen LogP contribution in [0.2, 0.25) is 0 Å². The number of ketones is 1. The molecule has 1 heterocycles. The Morgan fingerprint density at radius 3 is 2.79 bits per heavy atom. The number of benzene rings is 1. The molecule has 0 aliphatic carbocycles. The van der Waals surface area contributed by atoms with E-state index in [1.165, 1.54) is 0 Å². The van der Waals surface area contributed by atoms with Crippen LogP contribution in [0.25, 0.3) is 10.9 Å². The van der Waals surface area contributed by atoms with Gasteiger partial charge in [0, 0.05) is 23.9 Å². The van der Waals surface area contributed by atoms with Gasteiger partial charge in [0.2, 0.25) is 0 Å². The molecule has 3 heteroatoms. The maximum Gasteiger partial charge on any atom is 0.175 e. The molecule has 72 valence electrons. The van der Waals surface area contributed by atoms with Crippen molar-refractivity contribution in [2.24, 2.45) is 0 Å². The van der Waals surface area contributed by atoms with Gasteiger partial charge in [0.05, 0.1) is 12.8 Å². The first-order valence-corrected chi connectivity index (χ1v) is 4.38. The number of hydrogen-bond acceptors (Lipinski definition) is 2. The lowest BCUT2D eigenvalue weighted by atomic mass is 10.2. The van der Waals surface area contributed by atoms with Crippen molar-refractivity contribution in [1.82, 2.24) is 4.98 Å². The van der Waals surface area contributed by atoms with Crippen LogP contribution in [0.4, 0.5) is 0 Å². The number of aromatic nitrogens is 1. The van der Waals surface area contributed by atoms with E-state index in [1.54, 1.807) is 14.0 Å². The number of carbonyl (C=O) groups excluding carboxylic acids is 1. The number of Topliss-reactive ketones (excluding diaryl/α,β-unsaturated/α-hetero) is 1. The lowest BCUT2D eigenvalue weighted by molar-refractivity contribution is 0.101. The molecule has 0 saturated heterocycles. The van der Waals surface area contributed by atoms with Gasteiger partial charge in [-0.05, 0) is 18.2 Å². The smallest absolute Gasteiger partial charge is 0.175 e. The molecule has 0 aliphatic rings. The lowest BCUT2D eigenvalue weighted by Crippen LogP contribution is -1.89. The van der Waals surface area contributed by atoms with Crippen molar-refractivity contribution in [3.8, 4) is 5.75 Å². The second-order valence-corrected chi connectivity index (χ2v) is 3.19. The van der Waals surface area contributed by atoms with Gasteiger partial charge in [-0.2, -0.15) is 0 Å². The number of carbonyl (C=O) groups is 1. The molecule has 2 rings (SSSR count). The fourth-order valence-corrected chi connectivity index (χ4v) is 1.42. The summed E-state index contributed by atoms with van der Waals surface area (Å²) in [5, 5.41) is 1.02. The molecule has 0 unspecified atom stereocenters. The van der Waals surface area contributed by atoms with Crippen molar-refractivity contribution in [3.63, 3.8) is 0 Å². The third kappa shape index (κ3) is 1.37. The summed E-state index contributed by atoms with van der Waals surface area (Å²) >= 11 is 0. The number of nitrogens with one attached hydrogen (secondary N) is 1. The normalized spacial score (nSPS) is 10.4. The van der Waals surface area contributed by atoms with E-state index >= 15 is 0 Å². The zero-order valence-corrected chi connectivity index (χ0v) is 8.13. The number of fused-ring (bicyclic) bond motifs is 1. The lowest BCUT2D eigenvalue weighted by Gasteiger charge is -1.97. The Labute approximate surface area is 81.7 Å². The van der Waals surface area contributed by atoms with Crippen molar-refractivity contribution < 1.29 is 9.53 Å². The van der Waals surface area contributed by atoms with Crippen LogP contribution >= 0.6 is 0 Å². The predicted molar refractivity (Wildman–Crippen MR) is 54.9 cm³/mol. The quantitative estimate of drug-likeness (QED) is 0.737. The summed E-state index contributed by atoms with van der Waals surface area (Å²) in [6.07, 6.45) is 0. The van der Waals surface area contributed by atoms with E-state index in [1.807, 2.05) is 24.3 Å². The number of methoxy groups -OCH3 is 1. The minimum atomic E-state index is 0.0418. The molecule has 0 spiro atoms. The van der Waals surface area contributed by atoms with E-state index in [0.717, 1.165) is 16.7 Å². The van der Waals surface area contributed by atoms with E-state index in [4.69, 9.17) is 4.74 Å². The van der Waals surface area contributed by atoms with E-state index in [-0.39, 0.29) is 5.78 Å². The van der Waals surface area contributed by atoms with Crippen molar-refractivity contribution in [2.75, 3.05) is 7.11 Å². The van der Waals surface area contributed by atoms with Gasteiger partial charge in [-0.3, -0.25) is 4.79 Å². The standard InChI is InChI=1S/C11H11NO2/c1-7(13)10-5-8-3-4-9(14-2)6-11(8)12-10/h3-6,12H,1-2H3. The zero-order valence-electron chi connectivity index (χ0n) is 8.13. The number of ether oxygens (including phenoxy) is 1. The fraction of sp³-hybridized carbons (Fsp3) is 0.182. The Hall–Kier alpha value is -1.77. The van der Waals surface area contributed by atoms with E-state index in [9.17, 15) is 4.79 Å². The molecule has 0 bridgehead atoms. The van der Waals surface area contributed by atoms with Gasteiger partial charge in [0.15, 0.2) is 5.78 Å². The number of aromatic amines is 1. The highest BCUT2D eigenvalue weighted by molar-refractivity contribution is 5.98. The molecule has 3 nitrogen and oxygen atoms in total. The molecule has 0 fully saturated rings. The Bertz CT molecular complexity index is 485. The van der Waals surface area contributed by atoms with Crippen LogP contribution < -0.4 is 4.74 Å². The van der Waals surface area contributed by atoms with E-state index < -0.39 is 0 Å². The van der Waals surface area contributed by atoms with Gasteiger partial charge in [-0.1, -0.05) is 0 Å². The molecule has 2 aromatic rings. The molecule has 14 heavy (non-hydrogen) atoms. The Balaban J connectivity index is 2.60. The van der Waals surface area contributed by atoms with Crippen LogP contribution in [0, 0.1) is 0 Å². The summed E-state index contributed by atoms with van der Waals surface area (Å²) in [4.78, 5) is 14.1. The van der Waals surface area contributed by atoms with Crippen molar-refractivity contribution in [3.05, 3.63) is 30.0 Å². The Morgan fingerprint density at radius 1 is 1.36 bits per heavy atom. The third-order valence-corrected chi connectivity index (χ3v) is 2.21. The maximum absolute atomic E-state index is 11.1. The molecule has 0 radical (unpaired) electrons. The number of hydrogen-bond donors (Lipinski definition) is 1. The summed E-state index contributed by atoms with van der Waals surface area (Å²) in [6, 6.07) is 7.52. The van der Waals surface area contributed by atoms with Crippen LogP contribution in [0.5, 0.6) is 5.75 Å². The molecule has 1 aromatic heterocycles. The van der Waals surface area contributed by atoms with Crippen LogP contribution in [-0.4, -0.2) is 17.9 Å². The van der Waals surface area contributed by atoms with Crippen LogP contribution in [-0.2, 0) is 0 Å². The minimum Gasteiger partial charge on any atom is -0.497 e. The zero-order chi connectivity index (χ0) is 10.1. The molecule has 1 aromatic carbocycles. The highest BCUT2D eigenvalue weighted by atomic mass is 16.5. The van der Waals surface area contributed by atoms with Crippen LogP contribution in [0.15, 0.2) is 24.3 Å². The van der Waals surface area contributed by atoms with Gasteiger partial charge in [-0.25, -0.2) is 0 Å². The average Bonchev–Trinajstić information content (AvgIpc) is 2.59. The molecule has 1 N–H and O–H groups in total. The van der Waals surface area contributed by atoms with Gasteiger partial charge in [0.1, 0.15) is 5.75 Å². The summed E-state index contributed by atoms with van der Waals surface area (Å²) in [6.45, 7) is 1.54. The summed E-state index contributed by atoms with van der Waals surface area (Å²) in [5.74, 6) is 0.828. The largest absolute Gasteiger partial charge is 0.497 e. The van der Waals surface area contributed by atoms with Crippen molar-refractivity contribution >= 4 is 16.7 Å². The van der Waals surface area contributed by atoms with Gasteiger partial charge in [-0.15, -0.1) is 0 Å². The number of rotatable bonds is 2. The first-order chi connectivity index (χ1) is 6.70. The molecule has 0 amide bonds. The van der Waals surface area contributed by atoms with Gasteiger partial charge >= 0.3 is 0 Å². The van der Waals surface area contributed by atoms with Crippen molar-refractivity contribution in [1.29, 1.82) is 0 Å². The fourth-order valence-electron chi connectivity index (χ4n) is 1.42. The minimum absolute atomic E-state index is 0.0418. The highest BCUT2D eigenvalue weighted by Crippen LogP contribution is 2.21. The van der Waals surface area contributed by atoms with Crippen molar-refractivity contribution in [2.45, 2.75) is 6.92 Å². The SMILES string of the molecule is COc1ccc2cc(C(C)=O)[nH]c2c1. The highest BCUT2D eigenvalue weighted by Gasteiger charge is 2.04. The third-order valence-electron chi connectivity index (χ3n) is 2.21. The summed E-state index contributed by atoms with van der Waals surface area (Å²) in [5.41, 5.74) is 1.56. The monoisotopic (exact) mass is 189 g/mol. The molecule has 0 saturated carbocycles. The second-order valence-electron chi connectivity index (χ2n) is 3.19. The summed E-state index contributed by atoms with van der Waals surface area (Å²) < 4.78 is 5.09. The number of H-pyrrole nitrogens is 1. The van der Waals surface area contributed by atoms with E-state index in [2.05, 4.69) is 4.98 Å².